The zero-order chi connectivity index (χ0) is 18.4. The highest BCUT2D eigenvalue weighted by atomic mass is 35.5. The van der Waals surface area contributed by atoms with Crippen molar-refractivity contribution < 1.29 is 9.21 Å². The van der Waals surface area contributed by atoms with Crippen LogP contribution in [0.15, 0.2) is 16.5 Å². The molecule has 5 heteroatoms. The molecule has 1 N–H and O–H groups in total. The number of carbonyl (C=O) groups excluding carboxylic acids is 1. The van der Waals surface area contributed by atoms with Gasteiger partial charge in [-0.2, -0.15) is 0 Å². The van der Waals surface area contributed by atoms with Gasteiger partial charge in [-0.25, -0.2) is 0 Å². The number of aryl methyl sites for hydroxylation is 1. The van der Waals surface area contributed by atoms with Crippen LogP contribution in [-0.4, -0.2) is 30.4 Å². The van der Waals surface area contributed by atoms with Crippen molar-refractivity contribution in [2.24, 2.45) is 23.2 Å². The zero-order valence-electron chi connectivity index (χ0n) is 17.1. The van der Waals surface area contributed by atoms with Gasteiger partial charge in [-0.15, -0.1) is 12.4 Å². The molecule has 28 heavy (non-hydrogen) atoms. The first-order chi connectivity index (χ1) is 13.1. The Morgan fingerprint density at radius 3 is 2.25 bits per heavy atom. The van der Waals surface area contributed by atoms with Gasteiger partial charge in [0.05, 0.1) is 6.04 Å². The number of carbonyl (C=O) groups is 1. The number of piperidine rings is 1. The molecule has 1 aromatic rings. The second-order valence-electron chi connectivity index (χ2n) is 9.97. The Bertz CT molecular complexity index is 659. The van der Waals surface area contributed by atoms with Crippen molar-refractivity contribution in [2.45, 2.75) is 70.8 Å². The summed E-state index contributed by atoms with van der Waals surface area (Å²) in [6.07, 6.45) is 11.4. The van der Waals surface area contributed by atoms with Gasteiger partial charge >= 0.3 is 0 Å². The maximum atomic E-state index is 13.4. The van der Waals surface area contributed by atoms with E-state index in [9.17, 15) is 4.79 Å². The first-order valence-corrected chi connectivity index (χ1v) is 11.2. The second kappa shape index (κ2) is 8.02. The Morgan fingerprint density at radius 1 is 1.11 bits per heavy atom. The quantitative estimate of drug-likeness (QED) is 0.758. The van der Waals surface area contributed by atoms with Crippen molar-refractivity contribution in [3.8, 4) is 0 Å². The summed E-state index contributed by atoms with van der Waals surface area (Å²) in [6, 6.07) is 4.33. The highest BCUT2D eigenvalue weighted by Gasteiger charge is 2.54. The van der Waals surface area contributed by atoms with Gasteiger partial charge in [-0.3, -0.25) is 9.69 Å². The first kappa shape index (κ1) is 20.3. The molecule has 1 atom stereocenters. The molecule has 5 fully saturated rings. The molecule has 4 nitrogen and oxygen atoms in total. The topological polar surface area (TPSA) is 45.5 Å². The largest absolute Gasteiger partial charge is 0.465 e. The third kappa shape index (κ3) is 3.75. The number of likely N-dealkylation sites (tertiary alicyclic amines) is 1. The lowest BCUT2D eigenvalue weighted by Gasteiger charge is -2.55. The maximum Gasteiger partial charge on any atom is 0.226 e. The predicted molar refractivity (Wildman–Crippen MR) is 112 cm³/mol. The molecular formula is C23H35ClN2O2. The summed E-state index contributed by atoms with van der Waals surface area (Å²) in [5.41, 5.74) is -0.0553. The number of furan rings is 1. The lowest BCUT2D eigenvalue weighted by molar-refractivity contribution is -0.146. The van der Waals surface area contributed by atoms with E-state index in [1.54, 1.807) is 0 Å². The van der Waals surface area contributed by atoms with Crippen LogP contribution < -0.4 is 5.32 Å². The van der Waals surface area contributed by atoms with E-state index in [0.717, 1.165) is 61.6 Å². The monoisotopic (exact) mass is 406 g/mol. The van der Waals surface area contributed by atoms with E-state index in [0.29, 0.717) is 12.5 Å². The van der Waals surface area contributed by atoms with Gasteiger partial charge in [0.15, 0.2) is 0 Å². The standard InChI is InChI=1S/C23H34N2O2.ClH/c1-16-5-6-21(27-16)20(25-7-3-2-4-8-25)15-24-22(26)23-12-17-9-18(13-23)11-19(10-17)14-23;/h5-6,17-20H,2-4,7-15H2,1H3,(H,24,26);1H. The molecule has 0 spiro atoms. The van der Waals surface area contributed by atoms with E-state index < -0.39 is 0 Å². The summed E-state index contributed by atoms with van der Waals surface area (Å²) >= 11 is 0. The third-order valence-corrected chi connectivity index (χ3v) is 7.90. The average molecular weight is 407 g/mol. The van der Waals surface area contributed by atoms with Crippen molar-refractivity contribution >= 4 is 18.3 Å². The van der Waals surface area contributed by atoms with Gasteiger partial charge in [0.2, 0.25) is 5.91 Å². The Balaban J connectivity index is 0.00000192. The second-order valence-corrected chi connectivity index (χ2v) is 9.97. The normalized spacial score (nSPS) is 35.4. The van der Waals surface area contributed by atoms with Crippen LogP contribution in [0.2, 0.25) is 0 Å². The van der Waals surface area contributed by atoms with E-state index in [4.69, 9.17) is 4.42 Å². The van der Waals surface area contributed by atoms with E-state index >= 15 is 0 Å². The lowest BCUT2D eigenvalue weighted by Crippen LogP contribution is -2.54. The number of hydrogen-bond donors (Lipinski definition) is 1. The Labute approximate surface area is 175 Å². The van der Waals surface area contributed by atoms with Crippen LogP contribution in [0, 0.1) is 30.1 Å². The Hall–Kier alpha value is -1.00. The number of halogens is 1. The maximum absolute atomic E-state index is 13.4. The smallest absolute Gasteiger partial charge is 0.226 e. The summed E-state index contributed by atoms with van der Waals surface area (Å²) < 4.78 is 5.99. The van der Waals surface area contributed by atoms with Gasteiger partial charge in [-0.05, 0) is 101 Å². The highest BCUT2D eigenvalue weighted by Crippen LogP contribution is 2.60. The highest BCUT2D eigenvalue weighted by molar-refractivity contribution is 5.85. The van der Waals surface area contributed by atoms with Gasteiger partial charge < -0.3 is 9.73 Å². The van der Waals surface area contributed by atoms with Crippen molar-refractivity contribution in [3.05, 3.63) is 23.7 Å². The van der Waals surface area contributed by atoms with Crippen LogP contribution in [-0.2, 0) is 4.79 Å². The number of hydrogen-bond acceptors (Lipinski definition) is 3. The lowest BCUT2D eigenvalue weighted by atomic mass is 9.49. The van der Waals surface area contributed by atoms with E-state index in [1.165, 1.54) is 38.5 Å². The van der Waals surface area contributed by atoms with Gasteiger partial charge in [0.1, 0.15) is 11.5 Å². The van der Waals surface area contributed by atoms with Crippen molar-refractivity contribution in [1.82, 2.24) is 10.2 Å². The van der Waals surface area contributed by atoms with E-state index in [2.05, 4.69) is 16.3 Å². The minimum absolute atomic E-state index is 0. The molecule has 4 aliphatic carbocycles. The molecule has 4 bridgehead atoms. The zero-order valence-corrected chi connectivity index (χ0v) is 17.9. The van der Waals surface area contributed by atoms with Gasteiger partial charge in [-0.1, -0.05) is 6.42 Å². The number of nitrogens with one attached hydrogen (secondary N) is 1. The van der Waals surface area contributed by atoms with Crippen LogP contribution in [0.1, 0.15) is 75.3 Å². The molecule has 156 valence electrons. The molecule has 1 aliphatic heterocycles. The molecule has 1 aromatic heterocycles. The van der Waals surface area contributed by atoms with Crippen molar-refractivity contribution in [1.29, 1.82) is 0 Å². The molecule has 1 unspecified atom stereocenters. The van der Waals surface area contributed by atoms with Crippen LogP contribution in [0.25, 0.3) is 0 Å². The third-order valence-electron chi connectivity index (χ3n) is 7.90. The number of nitrogens with zero attached hydrogens (tertiary/aromatic N) is 1. The van der Waals surface area contributed by atoms with Gasteiger partial charge in [0, 0.05) is 12.0 Å². The fourth-order valence-corrected chi connectivity index (χ4v) is 7.04. The molecule has 1 amide bonds. The minimum Gasteiger partial charge on any atom is -0.465 e. The SMILES string of the molecule is Cc1ccc(C(CNC(=O)C23CC4CC(CC(C4)C2)C3)N2CCCCC2)o1.Cl. The fourth-order valence-electron chi connectivity index (χ4n) is 7.04. The summed E-state index contributed by atoms with van der Waals surface area (Å²) in [4.78, 5) is 15.9. The fraction of sp³-hybridized carbons (Fsp3) is 0.783. The molecule has 0 radical (unpaired) electrons. The van der Waals surface area contributed by atoms with E-state index in [1.807, 2.05) is 13.0 Å². The minimum atomic E-state index is -0.0553. The molecule has 5 aliphatic rings. The van der Waals surface area contributed by atoms with E-state index in [-0.39, 0.29) is 23.9 Å². The number of rotatable bonds is 5. The Morgan fingerprint density at radius 2 is 1.71 bits per heavy atom. The summed E-state index contributed by atoms with van der Waals surface area (Å²) in [7, 11) is 0. The van der Waals surface area contributed by atoms with Crippen LogP contribution in [0.3, 0.4) is 0 Å². The molecule has 1 saturated heterocycles. The molecule has 0 aromatic carbocycles. The summed E-state index contributed by atoms with van der Waals surface area (Å²) in [5, 5.41) is 3.40. The summed E-state index contributed by atoms with van der Waals surface area (Å²) in [6.45, 7) is 4.91. The van der Waals surface area contributed by atoms with Crippen LogP contribution in [0.4, 0.5) is 0 Å². The van der Waals surface area contributed by atoms with Crippen molar-refractivity contribution in [3.63, 3.8) is 0 Å². The average Bonchev–Trinajstić information content (AvgIpc) is 3.07. The first-order valence-electron chi connectivity index (χ1n) is 11.2. The predicted octanol–water partition coefficient (Wildman–Crippen LogP) is 4.87. The summed E-state index contributed by atoms with van der Waals surface area (Å²) in [5.74, 6) is 4.75. The van der Waals surface area contributed by atoms with Crippen LogP contribution >= 0.6 is 12.4 Å². The molecule has 6 rings (SSSR count). The van der Waals surface area contributed by atoms with Gasteiger partial charge in [0.25, 0.3) is 0 Å². The van der Waals surface area contributed by atoms with Crippen molar-refractivity contribution in [2.75, 3.05) is 19.6 Å². The Kier molecular flexibility index (Phi) is 5.81. The number of amides is 1. The molecular weight excluding hydrogens is 372 g/mol. The molecule has 2 heterocycles. The van der Waals surface area contributed by atoms with Crippen LogP contribution in [0.5, 0.6) is 0 Å². The molecule has 4 saturated carbocycles.